The van der Waals surface area contributed by atoms with E-state index < -0.39 is 0 Å². The number of fused-ring (bicyclic) bond motifs is 1. The molecule has 2 atom stereocenters. The number of nitrogens with one attached hydrogen (secondary N) is 3. The molecule has 23 heavy (non-hydrogen) atoms. The SMILES string of the molecule is CCc1nnc(Nc2ncnc3c2NC(=O)C(C(C)CC)N3)s1. The lowest BCUT2D eigenvalue weighted by Crippen LogP contribution is -2.43. The number of anilines is 4. The molecule has 0 saturated heterocycles. The van der Waals surface area contributed by atoms with Crippen molar-refractivity contribution >= 4 is 39.7 Å². The molecule has 0 aliphatic carbocycles. The maximum Gasteiger partial charge on any atom is 0.247 e. The summed E-state index contributed by atoms with van der Waals surface area (Å²) in [7, 11) is 0. The molecule has 0 fully saturated rings. The molecule has 1 aliphatic rings. The molecule has 8 nitrogen and oxygen atoms in total. The standard InChI is InChI=1S/C14H19N7OS/c1-4-7(3)9-13(22)18-10-11(17-9)15-6-16-12(10)19-14-21-20-8(5-2)23-14/h6-7,9H,4-5H2,1-3H3,(H,18,22)(H2,15,16,17,19,21). The Morgan fingerprint density at radius 3 is 2.87 bits per heavy atom. The fourth-order valence-corrected chi connectivity index (χ4v) is 2.99. The van der Waals surface area contributed by atoms with E-state index in [1.165, 1.54) is 17.7 Å². The second-order valence-corrected chi connectivity index (χ2v) is 6.48. The molecule has 0 saturated carbocycles. The van der Waals surface area contributed by atoms with E-state index in [1.54, 1.807) is 0 Å². The highest BCUT2D eigenvalue weighted by Gasteiger charge is 2.31. The number of amides is 1. The van der Waals surface area contributed by atoms with Crippen molar-refractivity contribution in [2.75, 3.05) is 16.0 Å². The Hall–Kier alpha value is -2.29. The van der Waals surface area contributed by atoms with Crippen molar-refractivity contribution in [1.82, 2.24) is 20.2 Å². The second kappa shape index (κ2) is 6.45. The van der Waals surface area contributed by atoms with Gasteiger partial charge in [0.05, 0.1) is 0 Å². The number of aryl methyl sites for hydroxylation is 1. The number of hydrogen-bond donors (Lipinski definition) is 3. The molecule has 122 valence electrons. The lowest BCUT2D eigenvalue weighted by molar-refractivity contribution is -0.118. The molecule has 0 aromatic carbocycles. The smallest absolute Gasteiger partial charge is 0.247 e. The van der Waals surface area contributed by atoms with Crippen LogP contribution in [0.4, 0.5) is 22.5 Å². The molecule has 1 aliphatic heterocycles. The first-order valence-electron chi connectivity index (χ1n) is 7.64. The Kier molecular flexibility index (Phi) is 4.37. The average molecular weight is 333 g/mol. The molecule has 3 heterocycles. The molecule has 0 spiro atoms. The Bertz CT molecular complexity index is 717. The van der Waals surface area contributed by atoms with Crippen LogP contribution in [0.3, 0.4) is 0 Å². The molecule has 2 aromatic heterocycles. The minimum atomic E-state index is -0.288. The van der Waals surface area contributed by atoms with Crippen molar-refractivity contribution in [3.05, 3.63) is 11.3 Å². The normalized spacial score (nSPS) is 17.9. The number of hydrogen-bond acceptors (Lipinski definition) is 8. The van der Waals surface area contributed by atoms with Crippen LogP contribution in [0.2, 0.25) is 0 Å². The zero-order chi connectivity index (χ0) is 16.4. The van der Waals surface area contributed by atoms with Crippen molar-refractivity contribution in [1.29, 1.82) is 0 Å². The van der Waals surface area contributed by atoms with Crippen LogP contribution in [0, 0.1) is 5.92 Å². The van der Waals surface area contributed by atoms with Gasteiger partial charge in [-0.3, -0.25) is 4.79 Å². The lowest BCUT2D eigenvalue weighted by Gasteiger charge is -2.30. The predicted octanol–water partition coefficient (Wildman–Crippen LogP) is 2.41. The Balaban J connectivity index is 1.86. The van der Waals surface area contributed by atoms with Crippen LogP contribution in [0.5, 0.6) is 0 Å². The maximum atomic E-state index is 12.3. The lowest BCUT2D eigenvalue weighted by atomic mass is 9.97. The summed E-state index contributed by atoms with van der Waals surface area (Å²) in [5, 5.41) is 18.9. The van der Waals surface area contributed by atoms with Gasteiger partial charge in [-0.05, 0) is 12.3 Å². The number of carbonyl (C=O) groups excluding carboxylic acids is 1. The predicted molar refractivity (Wildman–Crippen MR) is 90.1 cm³/mol. The quantitative estimate of drug-likeness (QED) is 0.771. The molecular formula is C14H19N7OS. The third kappa shape index (κ3) is 3.09. The van der Waals surface area contributed by atoms with E-state index in [1.807, 2.05) is 13.8 Å². The zero-order valence-corrected chi connectivity index (χ0v) is 14.1. The van der Waals surface area contributed by atoms with Gasteiger partial charge < -0.3 is 16.0 Å². The highest BCUT2D eigenvalue weighted by Crippen LogP contribution is 2.34. The van der Waals surface area contributed by atoms with Crippen LogP contribution in [0.1, 0.15) is 32.2 Å². The van der Waals surface area contributed by atoms with E-state index in [0.717, 1.165) is 17.8 Å². The van der Waals surface area contributed by atoms with Crippen LogP contribution in [0.15, 0.2) is 6.33 Å². The van der Waals surface area contributed by atoms with Crippen molar-refractivity contribution in [2.24, 2.45) is 5.92 Å². The molecule has 2 unspecified atom stereocenters. The molecular weight excluding hydrogens is 314 g/mol. The van der Waals surface area contributed by atoms with Crippen LogP contribution >= 0.6 is 11.3 Å². The first-order valence-corrected chi connectivity index (χ1v) is 8.45. The Morgan fingerprint density at radius 2 is 2.17 bits per heavy atom. The minimum Gasteiger partial charge on any atom is -0.356 e. The highest BCUT2D eigenvalue weighted by molar-refractivity contribution is 7.15. The van der Waals surface area contributed by atoms with Gasteiger partial charge in [0.15, 0.2) is 11.6 Å². The number of rotatable bonds is 5. The monoisotopic (exact) mass is 333 g/mol. The fourth-order valence-electron chi connectivity index (χ4n) is 2.31. The van der Waals surface area contributed by atoms with Crippen LogP contribution in [0.25, 0.3) is 0 Å². The van der Waals surface area contributed by atoms with Gasteiger partial charge in [0.2, 0.25) is 11.0 Å². The van der Waals surface area contributed by atoms with E-state index >= 15 is 0 Å². The van der Waals surface area contributed by atoms with E-state index in [9.17, 15) is 4.79 Å². The van der Waals surface area contributed by atoms with Crippen molar-refractivity contribution in [3.63, 3.8) is 0 Å². The summed E-state index contributed by atoms with van der Waals surface area (Å²) in [6.45, 7) is 6.12. The summed E-state index contributed by atoms with van der Waals surface area (Å²) >= 11 is 1.46. The third-order valence-electron chi connectivity index (χ3n) is 3.88. The van der Waals surface area contributed by atoms with Gasteiger partial charge >= 0.3 is 0 Å². The third-order valence-corrected chi connectivity index (χ3v) is 4.86. The molecule has 1 amide bonds. The van der Waals surface area contributed by atoms with Gasteiger partial charge in [0.1, 0.15) is 23.1 Å². The largest absolute Gasteiger partial charge is 0.356 e. The van der Waals surface area contributed by atoms with Gasteiger partial charge in [-0.2, -0.15) is 0 Å². The van der Waals surface area contributed by atoms with E-state index in [2.05, 4.69) is 43.0 Å². The Morgan fingerprint density at radius 1 is 1.35 bits per heavy atom. The number of nitrogens with zero attached hydrogens (tertiary/aromatic N) is 4. The van der Waals surface area contributed by atoms with Gasteiger partial charge in [-0.25, -0.2) is 9.97 Å². The number of carbonyl (C=O) groups is 1. The summed E-state index contributed by atoms with van der Waals surface area (Å²) in [4.78, 5) is 20.8. The zero-order valence-electron chi connectivity index (χ0n) is 13.3. The molecule has 3 N–H and O–H groups in total. The van der Waals surface area contributed by atoms with Crippen molar-refractivity contribution < 1.29 is 4.79 Å². The Labute approximate surface area is 138 Å². The van der Waals surface area contributed by atoms with Gasteiger partial charge in [0, 0.05) is 0 Å². The fraction of sp³-hybridized carbons (Fsp3) is 0.500. The van der Waals surface area contributed by atoms with Crippen LogP contribution in [-0.2, 0) is 11.2 Å². The summed E-state index contributed by atoms with van der Waals surface area (Å²) in [5.41, 5.74) is 0.547. The summed E-state index contributed by atoms with van der Waals surface area (Å²) < 4.78 is 0. The summed E-state index contributed by atoms with van der Waals surface area (Å²) in [6, 6.07) is -0.288. The van der Waals surface area contributed by atoms with Gasteiger partial charge in [-0.1, -0.05) is 38.5 Å². The van der Waals surface area contributed by atoms with Crippen LogP contribution < -0.4 is 16.0 Å². The first-order chi connectivity index (χ1) is 11.1. The molecule has 2 aromatic rings. The van der Waals surface area contributed by atoms with Crippen molar-refractivity contribution in [2.45, 2.75) is 39.7 Å². The molecule has 9 heteroatoms. The molecule has 0 bridgehead atoms. The minimum absolute atomic E-state index is 0.0730. The van der Waals surface area contributed by atoms with E-state index in [-0.39, 0.29) is 17.9 Å². The molecule has 3 rings (SSSR count). The first kappa shape index (κ1) is 15.6. The summed E-state index contributed by atoms with van der Waals surface area (Å²) in [5.74, 6) is 1.27. The molecule has 0 radical (unpaired) electrons. The highest BCUT2D eigenvalue weighted by atomic mass is 32.1. The summed E-state index contributed by atoms with van der Waals surface area (Å²) in [6.07, 6.45) is 3.19. The topological polar surface area (TPSA) is 105 Å². The second-order valence-electron chi connectivity index (χ2n) is 5.42. The van der Waals surface area contributed by atoms with Gasteiger partial charge in [-0.15, -0.1) is 10.2 Å². The van der Waals surface area contributed by atoms with E-state index in [4.69, 9.17) is 0 Å². The maximum absolute atomic E-state index is 12.3. The van der Waals surface area contributed by atoms with Crippen LogP contribution in [-0.4, -0.2) is 32.1 Å². The van der Waals surface area contributed by atoms with Crippen molar-refractivity contribution in [3.8, 4) is 0 Å². The number of aromatic nitrogens is 4. The van der Waals surface area contributed by atoms with E-state index in [0.29, 0.717) is 22.5 Å². The average Bonchev–Trinajstić information content (AvgIpc) is 3.02. The van der Waals surface area contributed by atoms with Gasteiger partial charge in [0.25, 0.3) is 0 Å².